The molecular formula is C31H32N6O4. The third kappa shape index (κ3) is 7.42. The van der Waals surface area contributed by atoms with E-state index in [0.29, 0.717) is 23.1 Å². The number of benzene rings is 2. The lowest BCUT2D eigenvalue weighted by Crippen LogP contribution is -2.16. The number of methoxy groups -OCH3 is 2. The van der Waals surface area contributed by atoms with Crippen LogP contribution in [0.2, 0.25) is 0 Å². The van der Waals surface area contributed by atoms with Crippen molar-refractivity contribution in [3.8, 4) is 11.5 Å². The van der Waals surface area contributed by atoms with E-state index in [-0.39, 0.29) is 36.5 Å². The number of nitrogens with zero attached hydrogens (tertiary/aromatic N) is 4. The number of ether oxygens (including phenoxy) is 2. The van der Waals surface area contributed by atoms with Crippen molar-refractivity contribution >= 4 is 23.5 Å². The Hall–Kier alpha value is -4.86. The van der Waals surface area contributed by atoms with Crippen molar-refractivity contribution in [2.45, 2.75) is 43.9 Å². The maximum absolute atomic E-state index is 12.5. The summed E-state index contributed by atoms with van der Waals surface area (Å²) in [6.45, 7) is 0. The van der Waals surface area contributed by atoms with Crippen LogP contribution in [-0.4, -0.2) is 46.4 Å². The average Bonchev–Trinajstić information content (AvgIpc) is 3.48. The zero-order valence-corrected chi connectivity index (χ0v) is 23.0. The Morgan fingerprint density at radius 1 is 0.683 bits per heavy atom. The number of amides is 2. The summed E-state index contributed by atoms with van der Waals surface area (Å²) in [5, 5.41) is 22.9. The van der Waals surface area contributed by atoms with E-state index in [9.17, 15) is 9.59 Å². The van der Waals surface area contributed by atoms with Crippen molar-refractivity contribution in [2.75, 3.05) is 24.9 Å². The van der Waals surface area contributed by atoms with E-state index in [4.69, 9.17) is 9.47 Å². The van der Waals surface area contributed by atoms with Crippen molar-refractivity contribution in [1.29, 1.82) is 0 Å². The molecule has 0 radical (unpaired) electrons. The molecule has 0 aliphatic heterocycles. The van der Waals surface area contributed by atoms with Gasteiger partial charge in [0.1, 0.15) is 11.5 Å². The second kappa shape index (κ2) is 13.0. The molecule has 2 aromatic heterocycles. The van der Waals surface area contributed by atoms with E-state index in [0.717, 1.165) is 41.8 Å². The van der Waals surface area contributed by atoms with E-state index >= 15 is 0 Å². The summed E-state index contributed by atoms with van der Waals surface area (Å²) in [4.78, 5) is 24.9. The number of nitrogens with one attached hydrogen (secondary N) is 2. The number of anilines is 2. The molecular weight excluding hydrogens is 520 g/mol. The van der Waals surface area contributed by atoms with Crippen molar-refractivity contribution < 1.29 is 19.1 Å². The molecule has 2 amide bonds. The van der Waals surface area contributed by atoms with Crippen LogP contribution in [0, 0.1) is 0 Å². The zero-order chi connectivity index (χ0) is 28.6. The van der Waals surface area contributed by atoms with Gasteiger partial charge in [-0.3, -0.25) is 9.59 Å². The van der Waals surface area contributed by atoms with Crippen molar-refractivity contribution in [2.24, 2.45) is 0 Å². The van der Waals surface area contributed by atoms with E-state index in [2.05, 4.69) is 31.0 Å². The predicted molar refractivity (Wildman–Crippen MR) is 154 cm³/mol. The van der Waals surface area contributed by atoms with Crippen LogP contribution in [0.15, 0.2) is 72.8 Å². The van der Waals surface area contributed by atoms with Crippen LogP contribution in [-0.2, 0) is 22.4 Å². The van der Waals surface area contributed by atoms with Crippen LogP contribution in [0.1, 0.15) is 53.6 Å². The number of rotatable bonds is 10. The molecule has 10 heteroatoms. The minimum Gasteiger partial charge on any atom is -0.497 e. The van der Waals surface area contributed by atoms with E-state index in [1.54, 1.807) is 26.4 Å². The molecule has 2 N–H and O–H groups in total. The SMILES string of the molecule is COc1cccc(CC(=O)Nc2ccc([C@H]3CC[C@H](c4ccc(NC(=O)Cc5cccc(OC)c5)nn4)C3)nn2)c1. The first-order valence-corrected chi connectivity index (χ1v) is 13.5. The molecule has 1 fully saturated rings. The number of hydrogen-bond acceptors (Lipinski definition) is 8. The third-order valence-corrected chi connectivity index (χ3v) is 7.17. The number of aromatic nitrogens is 4. The van der Waals surface area contributed by atoms with Gasteiger partial charge in [0.2, 0.25) is 11.8 Å². The molecule has 1 saturated carbocycles. The van der Waals surface area contributed by atoms with Gasteiger partial charge in [0.15, 0.2) is 11.6 Å². The lowest BCUT2D eigenvalue weighted by atomic mass is 9.99. The minimum absolute atomic E-state index is 0.167. The predicted octanol–water partition coefficient (Wildman–Crippen LogP) is 4.70. The summed E-state index contributed by atoms with van der Waals surface area (Å²) in [6.07, 6.45) is 3.24. The molecule has 210 valence electrons. The Kier molecular flexibility index (Phi) is 8.78. The first-order valence-electron chi connectivity index (χ1n) is 13.5. The normalized spacial score (nSPS) is 16.1. The first-order chi connectivity index (χ1) is 20.0. The summed E-state index contributed by atoms with van der Waals surface area (Å²) in [7, 11) is 3.19. The van der Waals surface area contributed by atoms with Crippen LogP contribution in [0.5, 0.6) is 11.5 Å². The molecule has 2 atom stereocenters. The fraction of sp³-hybridized carbons (Fsp3) is 0.290. The minimum atomic E-state index is -0.167. The van der Waals surface area contributed by atoms with Crippen molar-refractivity contribution in [3.63, 3.8) is 0 Å². The Labute approximate surface area is 238 Å². The zero-order valence-electron chi connectivity index (χ0n) is 23.0. The molecule has 41 heavy (non-hydrogen) atoms. The molecule has 5 rings (SSSR count). The first kappa shape index (κ1) is 27.7. The second-order valence-electron chi connectivity index (χ2n) is 10.0. The van der Waals surface area contributed by atoms with Crippen molar-refractivity contribution in [1.82, 2.24) is 20.4 Å². The standard InChI is InChI=1S/C31H32N6O4/c1-40-24-7-3-5-20(15-24)17-30(38)32-28-13-11-26(34-36-28)22-9-10-23(19-22)27-12-14-29(37-35-27)33-31(39)18-21-6-4-8-25(16-21)41-2/h3-8,11-16,22-23H,9-10,17-19H2,1-2H3,(H,32,36,38)(H,33,37,39)/t22-,23-/m0/s1. The molecule has 1 aliphatic carbocycles. The van der Waals surface area contributed by atoms with E-state index in [1.807, 2.05) is 60.7 Å². The maximum Gasteiger partial charge on any atom is 0.229 e. The van der Waals surface area contributed by atoms with Crippen LogP contribution < -0.4 is 20.1 Å². The largest absolute Gasteiger partial charge is 0.497 e. The monoisotopic (exact) mass is 552 g/mol. The van der Waals surface area contributed by atoms with Gasteiger partial charge in [-0.1, -0.05) is 24.3 Å². The lowest BCUT2D eigenvalue weighted by Gasteiger charge is -2.11. The van der Waals surface area contributed by atoms with Gasteiger partial charge < -0.3 is 20.1 Å². The summed E-state index contributed by atoms with van der Waals surface area (Å²) in [5.74, 6) is 2.43. The highest BCUT2D eigenvalue weighted by atomic mass is 16.5. The number of carbonyl (C=O) groups is 2. The van der Waals surface area contributed by atoms with Crippen LogP contribution in [0.3, 0.4) is 0 Å². The van der Waals surface area contributed by atoms with Gasteiger partial charge in [-0.25, -0.2) is 0 Å². The van der Waals surface area contributed by atoms with Crippen LogP contribution in [0.25, 0.3) is 0 Å². The van der Waals surface area contributed by atoms with Gasteiger partial charge in [0, 0.05) is 11.8 Å². The highest BCUT2D eigenvalue weighted by molar-refractivity contribution is 5.91. The quantitative estimate of drug-likeness (QED) is 0.290. The fourth-order valence-corrected chi connectivity index (χ4v) is 5.08. The maximum atomic E-state index is 12.5. The van der Waals surface area contributed by atoms with Gasteiger partial charge in [-0.15, -0.1) is 10.2 Å². The van der Waals surface area contributed by atoms with Gasteiger partial charge in [0.25, 0.3) is 0 Å². The average molecular weight is 553 g/mol. The molecule has 0 unspecified atom stereocenters. The Balaban J connectivity index is 1.11. The molecule has 0 saturated heterocycles. The second-order valence-corrected chi connectivity index (χ2v) is 10.0. The molecule has 0 bridgehead atoms. The van der Waals surface area contributed by atoms with E-state index < -0.39 is 0 Å². The Morgan fingerprint density at radius 2 is 1.15 bits per heavy atom. The van der Waals surface area contributed by atoms with Crippen molar-refractivity contribution in [3.05, 3.63) is 95.3 Å². The highest BCUT2D eigenvalue weighted by Crippen LogP contribution is 2.42. The topological polar surface area (TPSA) is 128 Å². The fourth-order valence-electron chi connectivity index (χ4n) is 5.08. The lowest BCUT2D eigenvalue weighted by molar-refractivity contribution is -0.116. The molecule has 4 aromatic rings. The molecule has 10 nitrogen and oxygen atoms in total. The number of hydrogen-bond donors (Lipinski definition) is 2. The smallest absolute Gasteiger partial charge is 0.229 e. The van der Waals surface area contributed by atoms with Gasteiger partial charge in [-0.2, -0.15) is 10.2 Å². The van der Waals surface area contributed by atoms with Gasteiger partial charge in [-0.05, 0) is 78.9 Å². The van der Waals surface area contributed by atoms with Crippen LogP contribution in [0.4, 0.5) is 11.6 Å². The Morgan fingerprint density at radius 3 is 1.54 bits per heavy atom. The van der Waals surface area contributed by atoms with E-state index in [1.165, 1.54) is 0 Å². The summed E-state index contributed by atoms with van der Waals surface area (Å²) < 4.78 is 10.4. The molecule has 1 aliphatic rings. The van der Waals surface area contributed by atoms with Gasteiger partial charge >= 0.3 is 0 Å². The summed E-state index contributed by atoms with van der Waals surface area (Å²) in [5.41, 5.74) is 3.51. The third-order valence-electron chi connectivity index (χ3n) is 7.17. The van der Waals surface area contributed by atoms with Crippen LogP contribution >= 0.6 is 0 Å². The summed E-state index contributed by atoms with van der Waals surface area (Å²) in [6, 6.07) is 22.3. The molecule has 2 aromatic carbocycles. The molecule has 2 heterocycles. The number of carbonyl (C=O) groups excluding carboxylic acids is 2. The summed E-state index contributed by atoms with van der Waals surface area (Å²) >= 11 is 0. The van der Waals surface area contributed by atoms with Gasteiger partial charge in [0.05, 0.1) is 38.4 Å². The Bertz CT molecular complexity index is 1380. The molecule has 0 spiro atoms. The highest BCUT2D eigenvalue weighted by Gasteiger charge is 2.29.